The maximum absolute atomic E-state index is 13.7. The van der Waals surface area contributed by atoms with Gasteiger partial charge in [-0.05, 0) is 67.6 Å². The Hall–Kier alpha value is -3.87. The molecule has 7 heteroatoms. The van der Waals surface area contributed by atoms with Gasteiger partial charge in [0.2, 0.25) is 11.8 Å². The molecule has 1 fully saturated rings. The van der Waals surface area contributed by atoms with Crippen molar-refractivity contribution in [2.24, 2.45) is 0 Å². The lowest BCUT2D eigenvalue weighted by Gasteiger charge is -2.33. The minimum atomic E-state index is -0.883. The molecular formula is C28H31N3O4. The van der Waals surface area contributed by atoms with Gasteiger partial charge in [0, 0.05) is 11.7 Å². The number of aryl methyl sites for hydroxylation is 2. The van der Waals surface area contributed by atoms with Gasteiger partial charge in [0.25, 0.3) is 5.91 Å². The molecule has 1 atom stereocenters. The topological polar surface area (TPSA) is 91.7 Å². The van der Waals surface area contributed by atoms with Crippen LogP contribution in [0.2, 0.25) is 0 Å². The van der Waals surface area contributed by atoms with Crippen molar-refractivity contribution in [3.63, 3.8) is 0 Å². The lowest BCUT2D eigenvalue weighted by atomic mass is 10.0. The molecule has 1 aliphatic carbocycles. The van der Waals surface area contributed by atoms with Crippen LogP contribution in [0.1, 0.15) is 59.0 Å². The number of hydrogen-bond acceptors (Lipinski definition) is 4. The monoisotopic (exact) mass is 473 g/mol. The van der Waals surface area contributed by atoms with Crippen molar-refractivity contribution < 1.29 is 18.8 Å². The molecule has 0 saturated heterocycles. The van der Waals surface area contributed by atoms with Gasteiger partial charge in [0.1, 0.15) is 6.04 Å². The standard InChI is InChI=1S/C28H31N3O4/c1-19-15-20(2)17-23(16-19)31(25(32)18-29-27(33)24-13-8-14-35-24)26(21-9-4-3-5-10-21)28(34)30-22-11-6-7-12-22/h3-5,8-10,13-17,22,26H,6-7,11-12,18H2,1-2H3,(H,29,33)(H,30,34). The third-order valence-corrected chi connectivity index (χ3v) is 6.22. The maximum Gasteiger partial charge on any atom is 0.287 e. The smallest absolute Gasteiger partial charge is 0.287 e. The summed E-state index contributed by atoms with van der Waals surface area (Å²) in [5, 5.41) is 5.79. The van der Waals surface area contributed by atoms with Crippen LogP contribution in [0.5, 0.6) is 0 Å². The highest BCUT2D eigenvalue weighted by molar-refractivity contribution is 6.04. The number of anilines is 1. The molecular weight excluding hydrogens is 442 g/mol. The number of nitrogens with zero attached hydrogens (tertiary/aromatic N) is 1. The number of rotatable bonds is 8. The molecule has 2 N–H and O–H groups in total. The molecule has 0 spiro atoms. The van der Waals surface area contributed by atoms with Crippen LogP contribution in [0.15, 0.2) is 71.3 Å². The number of carbonyl (C=O) groups excluding carboxylic acids is 3. The summed E-state index contributed by atoms with van der Waals surface area (Å²) in [6, 6.07) is 17.4. The largest absolute Gasteiger partial charge is 0.459 e. The van der Waals surface area contributed by atoms with E-state index in [-0.39, 0.29) is 24.3 Å². The molecule has 1 aromatic heterocycles. The first-order valence-electron chi connectivity index (χ1n) is 12.0. The molecule has 1 aliphatic rings. The Balaban J connectivity index is 1.69. The SMILES string of the molecule is Cc1cc(C)cc(N(C(=O)CNC(=O)c2ccco2)C(C(=O)NC2CCCC2)c2ccccc2)c1. The summed E-state index contributed by atoms with van der Waals surface area (Å²) in [5.41, 5.74) is 3.25. The van der Waals surface area contributed by atoms with E-state index in [0.717, 1.165) is 36.8 Å². The van der Waals surface area contributed by atoms with Crippen LogP contribution in [0.4, 0.5) is 5.69 Å². The van der Waals surface area contributed by atoms with Crippen molar-refractivity contribution in [3.8, 4) is 0 Å². The van der Waals surface area contributed by atoms with E-state index in [2.05, 4.69) is 10.6 Å². The Morgan fingerprint density at radius 2 is 1.66 bits per heavy atom. The minimum absolute atomic E-state index is 0.101. The van der Waals surface area contributed by atoms with Crippen molar-refractivity contribution in [1.29, 1.82) is 0 Å². The maximum atomic E-state index is 13.7. The van der Waals surface area contributed by atoms with E-state index in [1.807, 2.05) is 62.4 Å². The van der Waals surface area contributed by atoms with Crippen LogP contribution in [0, 0.1) is 13.8 Å². The van der Waals surface area contributed by atoms with Crippen LogP contribution in [0.3, 0.4) is 0 Å². The second kappa shape index (κ2) is 11.0. The summed E-state index contributed by atoms with van der Waals surface area (Å²) in [6.07, 6.45) is 5.43. The van der Waals surface area contributed by atoms with E-state index in [1.165, 1.54) is 17.2 Å². The normalized spacial score (nSPS) is 14.3. The summed E-state index contributed by atoms with van der Waals surface area (Å²) < 4.78 is 5.13. The fraction of sp³-hybridized carbons (Fsp3) is 0.321. The van der Waals surface area contributed by atoms with Crippen molar-refractivity contribution in [2.45, 2.75) is 51.6 Å². The first-order valence-corrected chi connectivity index (χ1v) is 12.0. The fourth-order valence-electron chi connectivity index (χ4n) is 4.67. The molecule has 1 heterocycles. The Morgan fingerprint density at radius 1 is 0.971 bits per heavy atom. The molecule has 7 nitrogen and oxygen atoms in total. The zero-order chi connectivity index (χ0) is 24.8. The quantitative estimate of drug-likeness (QED) is 0.505. The number of nitrogens with one attached hydrogen (secondary N) is 2. The fourth-order valence-corrected chi connectivity index (χ4v) is 4.67. The molecule has 0 radical (unpaired) electrons. The van der Waals surface area contributed by atoms with Gasteiger partial charge in [0.15, 0.2) is 5.76 Å². The molecule has 2 aromatic carbocycles. The molecule has 1 saturated carbocycles. The van der Waals surface area contributed by atoms with E-state index in [9.17, 15) is 14.4 Å². The summed E-state index contributed by atoms with van der Waals surface area (Å²) in [7, 11) is 0. The first kappa shape index (κ1) is 24.3. The molecule has 1 unspecified atom stereocenters. The van der Waals surface area contributed by atoms with E-state index in [4.69, 9.17) is 4.42 Å². The van der Waals surface area contributed by atoms with Gasteiger partial charge < -0.3 is 15.1 Å². The molecule has 182 valence electrons. The van der Waals surface area contributed by atoms with Crippen LogP contribution < -0.4 is 15.5 Å². The Morgan fingerprint density at radius 3 is 2.29 bits per heavy atom. The first-order chi connectivity index (χ1) is 16.9. The van der Waals surface area contributed by atoms with Crippen molar-refractivity contribution in [3.05, 3.63) is 89.4 Å². The highest BCUT2D eigenvalue weighted by atomic mass is 16.3. The van der Waals surface area contributed by atoms with Gasteiger partial charge in [-0.25, -0.2) is 0 Å². The molecule has 35 heavy (non-hydrogen) atoms. The van der Waals surface area contributed by atoms with Gasteiger partial charge in [-0.2, -0.15) is 0 Å². The number of hydrogen-bond donors (Lipinski definition) is 2. The number of furan rings is 1. The highest BCUT2D eigenvalue weighted by Gasteiger charge is 2.34. The summed E-state index contributed by atoms with van der Waals surface area (Å²) in [6.45, 7) is 3.62. The van der Waals surface area contributed by atoms with E-state index >= 15 is 0 Å². The second-order valence-corrected chi connectivity index (χ2v) is 9.07. The minimum Gasteiger partial charge on any atom is -0.459 e. The molecule has 4 rings (SSSR count). The van der Waals surface area contributed by atoms with Gasteiger partial charge in [-0.1, -0.05) is 49.2 Å². The van der Waals surface area contributed by atoms with Gasteiger partial charge in [0.05, 0.1) is 12.8 Å². The molecule has 0 aliphatic heterocycles. The number of carbonyl (C=O) groups is 3. The number of amides is 3. The predicted molar refractivity (Wildman–Crippen MR) is 134 cm³/mol. The third kappa shape index (κ3) is 5.98. The highest BCUT2D eigenvalue weighted by Crippen LogP contribution is 2.30. The predicted octanol–water partition coefficient (Wildman–Crippen LogP) is 4.46. The molecule has 0 bridgehead atoms. The molecule has 3 aromatic rings. The summed E-state index contributed by atoms with van der Waals surface area (Å²) >= 11 is 0. The van der Waals surface area contributed by atoms with Crippen LogP contribution in [0.25, 0.3) is 0 Å². The lowest BCUT2D eigenvalue weighted by Crippen LogP contribution is -2.49. The average Bonchev–Trinajstić information content (AvgIpc) is 3.55. The Kier molecular flexibility index (Phi) is 7.65. The van der Waals surface area contributed by atoms with Gasteiger partial charge >= 0.3 is 0 Å². The average molecular weight is 474 g/mol. The van der Waals surface area contributed by atoms with Gasteiger partial charge in [-0.3, -0.25) is 19.3 Å². The third-order valence-electron chi connectivity index (χ3n) is 6.22. The van der Waals surface area contributed by atoms with E-state index in [1.54, 1.807) is 6.07 Å². The van der Waals surface area contributed by atoms with E-state index in [0.29, 0.717) is 11.3 Å². The van der Waals surface area contributed by atoms with Crippen molar-refractivity contribution >= 4 is 23.4 Å². The van der Waals surface area contributed by atoms with Crippen LogP contribution in [-0.4, -0.2) is 30.3 Å². The second-order valence-electron chi connectivity index (χ2n) is 9.07. The number of benzene rings is 2. The van der Waals surface area contributed by atoms with Gasteiger partial charge in [-0.15, -0.1) is 0 Å². The molecule has 3 amide bonds. The summed E-state index contributed by atoms with van der Waals surface area (Å²) in [5.74, 6) is -0.997. The van der Waals surface area contributed by atoms with Crippen LogP contribution in [-0.2, 0) is 9.59 Å². The zero-order valence-corrected chi connectivity index (χ0v) is 20.1. The van der Waals surface area contributed by atoms with Crippen molar-refractivity contribution in [1.82, 2.24) is 10.6 Å². The van der Waals surface area contributed by atoms with E-state index < -0.39 is 17.9 Å². The van der Waals surface area contributed by atoms with Crippen LogP contribution >= 0.6 is 0 Å². The Labute approximate surface area is 205 Å². The lowest BCUT2D eigenvalue weighted by molar-refractivity contribution is -0.126. The summed E-state index contributed by atoms with van der Waals surface area (Å²) in [4.78, 5) is 41.3. The Bertz CT molecular complexity index is 1150. The zero-order valence-electron chi connectivity index (χ0n) is 20.1. The van der Waals surface area contributed by atoms with Crippen molar-refractivity contribution in [2.75, 3.05) is 11.4 Å².